The van der Waals surface area contributed by atoms with Crippen molar-refractivity contribution in [1.82, 2.24) is 9.38 Å². The lowest BCUT2D eigenvalue weighted by Crippen LogP contribution is -2.28. The molecule has 0 aliphatic heterocycles. The molecule has 0 spiro atoms. The van der Waals surface area contributed by atoms with E-state index in [1.807, 2.05) is 0 Å². The third-order valence-corrected chi connectivity index (χ3v) is 7.67. The van der Waals surface area contributed by atoms with Crippen LogP contribution in [0.25, 0.3) is 70.8 Å². The molecule has 0 fully saturated rings. The van der Waals surface area contributed by atoms with E-state index in [-0.39, 0.29) is 0 Å². The molecule has 0 N–H and O–H groups in total. The Balaban J connectivity index is 1.70. The summed E-state index contributed by atoms with van der Waals surface area (Å²) in [6.45, 7) is 2.19. The van der Waals surface area contributed by atoms with E-state index in [9.17, 15) is 0 Å². The van der Waals surface area contributed by atoms with Crippen LogP contribution < -0.4 is 4.57 Å². The van der Waals surface area contributed by atoms with Gasteiger partial charge in [-0.05, 0) is 63.0 Å². The molecule has 0 radical (unpaired) electrons. The number of benzene rings is 5. The van der Waals surface area contributed by atoms with Crippen molar-refractivity contribution >= 4 is 70.8 Å². The minimum Gasteiger partial charge on any atom is -0.286 e. The lowest BCUT2D eigenvalue weighted by atomic mass is 9.94. The summed E-state index contributed by atoms with van der Waals surface area (Å²) in [5.74, 6) is 0. The molecule has 0 aliphatic carbocycles. The Morgan fingerprint density at radius 2 is 1.26 bits per heavy atom. The Hall–Kier alpha value is -4.50. The molecule has 8 aromatic rings. The van der Waals surface area contributed by atoms with Gasteiger partial charge < -0.3 is 0 Å². The second-order valence-electron chi connectivity index (χ2n) is 9.60. The average molecular weight is 449 g/mol. The molecule has 8 rings (SSSR count). The molecule has 0 bridgehead atoms. The smallest absolute Gasteiger partial charge is 0.237 e. The zero-order valence-corrected chi connectivity index (χ0v) is 19.6. The largest absolute Gasteiger partial charge is 0.286 e. The van der Waals surface area contributed by atoms with Gasteiger partial charge in [0.25, 0.3) is 0 Å². The van der Waals surface area contributed by atoms with Gasteiger partial charge in [-0.3, -0.25) is 4.40 Å². The van der Waals surface area contributed by atoms with Crippen LogP contribution in [0, 0.1) is 6.92 Å². The molecule has 0 unspecified atom stereocenters. The van der Waals surface area contributed by atoms with E-state index in [1.165, 1.54) is 59.7 Å². The quantitative estimate of drug-likeness (QED) is 0.175. The van der Waals surface area contributed by atoms with Crippen molar-refractivity contribution < 1.29 is 4.57 Å². The maximum absolute atomic E-state index is 5.25. The van der Waals surface area contributed by atoms with Gasteiger partial charge in [-0.2, -0.15) is 4.57 Å². The highest BCUT2D eigenvalue weighted by Gasteiger charge is 2.21. The predicted octanol–water partition coefficient (Wildman–Crippen LogP) is 7.39. The third-order valence-electron chi connectivity index (χ3n) is 7.67. The Kier molecular flexibility index (Phi) is 3.53. The van der Waals surface area contributed by atoms with E-state index < -0.39 is 0 Å². The summed E-state index contributed by atoms with van der Waals surface area (Å²) < 4.78 is 4.59. The lowest BCUT2D eigenvalue weighted by Gasteiger charge is -2.11. The summed E-state index contributed by atoms with van der Waals surface area (Å²) in [4.78, 5) is 5.25. The zero-order chi connectivity index (χ0) is 23.3. The van der Waals surface area contributed by atoms with E-state index in [0.717, 1.165) is 16.7 Å². The maximum Gasteiger partial charge on any atom is 0.237 e. The molecule has 0 saturated heterocycles. The van der Waals surface area contributed by atoms with Crippen LogP contribution in [0.5, 0.6) is 0 Å². The number of hydrogen-bond acceptors (Lipinski definition) is 1. The first kappa shape index (κ1) is 18.9. The highest BCUT2D eigenvalue weighted by molar-refractivity contribution is 6.27. The Morgan fingerprint density at radius 3 is 1.97 bits per heavy atom. The fraction of sp³-hybridized carbons (Fsp3) is 0.0625. The lowest BCUT2D eigenvalue weighted by molar-refractivity contribution is -0.644. The Bertz CT molecular complexity index is 2180. The summed E-state index contributed by atoms with van der Waals surface area (Å²) >= 11 is 0. The normalized spacial score (nSPS) is 12.3. The second-order valence-corrected chi connectivity index (χ2v) is 9.60. The molecule has 3 aromatic heterocycles. The molecule has 3 nitrogen and oxygen atoms in total. The Morgan fingerprint density at radius 1 is 0.629 bits per heavy atom. The van der Waals surface area contributed by atoms with Gasteiger partial charge in [-0.1, -0.05) is 66.7 Å². The topological polar surface area (TPSA) is 21.2 Å². The minimum atomic E-state index is 1.02. The van der Waals surface area contributed by atoms with Crippen LogP contribution >= 0.6 is 0 Å². The van der Waals surface area contributed by atoms with Crippen molar-refractivity contribution in [3.05, 3.63) is 103 Å². The standard InChI is InChI=1S/C32H22N3/c1-19-9-7-14-24-30(19)31-28(15-8-16-34(31)2)35-29-18-26-23-13-6-4-11-21(23)20-10-3-5-12-22(20)25(26)17-27(29)33-32(24)35/h3-18H,1-2H3/q+1. The van der Waals surface area contributed by atoms with Crippen LogP contribution in [0.4, 0.5) is 0 Å². The van der Waals surface area contributed by atoms with Crippen molar-refractivity contribution in [1.29, 1.82) is 0 Å². The van der Waals surface area contributed by atoms with Gasteiger partial charge in [0.05, 0.1) is 16.4 Å². The number of imidazole rings is 1. The monoisotopic (exact) mass is 448 g/mol. The predicted molar refractivity (Wildman–Crippen MR) is 146 cm³/mol. The number of nitrogens with zero attached hydrogens (tertiary/aromatic N) is 3. The molecule has 164 valence electrons. The van der Waals surface area contributed by atoms with Crippen LogP contribution in [0.3, 0.4) is 0 Å². The Labute approximate surface area is 201 Å². The van der Waals surface area contributed by atoms with Gasteiger partial charge in [0.15, 0.2) is 6.20 Å². The number of aromatic nitrogens is 3. The molecule has 5 aromatic carbocycles. The summed E-state index contributed by atoms with van der Waals surface area (Å²) in [5.41, 5.74) is 6.87. The van der Waals surface area contributed by atoms with Crippen molar-refractivity contribution in [2.24, 2.45) is 7.05 Å². The van der Waals surface area contributed by atoms with Crippen molar-refractivity contribution in [2.75, 3.05) is 0 Å². The van der Waals surface area contributed by atoms with Gasteiger partial charge in [0.2, 0.25) is 5.52 Å². The summed E-state index contributed by atoms with van der Waals surface area (Å²) in [7, 11) is 2.13. The van der Waals surface area contributed by atoms with Crippen LogP contribution in [0.1, 0.15) is 5.56 Å². The SMILES string of the molecule is Cc1cccc2c1c1c(ccc[n+]1C)n1c3cc4c5ccccc5c5ccccc5c4cc3nc21. The third kappa shape index (κ3) is 2.35. The number of rotatable bonds is 0. The highest BCUT2D eigenvalue weighted by Crippen LogP contribution is 2.39. The molecule has 35 heavy (non-hydrogen) atoms. The first-order valence-corrected chi connectivity index (χ1v) is 12.1. The average Bonchev–Trinajstić information content (AvgIpc) is 3.27. The molecular formula is C32H22N3+. The van der Waals surface area contributed by atoms with Gasteiger partial charge in [-0.15, -0.1) is 0 Å². The molecule has 3 heteroatoms. The summed E-state index contributed by atoms with van der Waals surface area (Å²) in [6.07, 6.45) is 2.13. The van der Waals surface area contributed by atoms with Gasteiger partial charge in [-0.25, -0.2) is 4.98 Å². The molecule has 0 atom stereocenters. The second kappa shape index (κ2) is 6.55. The van der Waals surface area contributed by atoms with Crippen LogP contribution in [-0.2, 0) is 7.05 Å². The number of hydrogen-bond donors (Lipinski definition) is 0. The van der Waals surface area contributed by atoms with E-state index in [4.69, 9.17) is 4.98 Å². The number of pyridine rings is 2. The molecular weight excluding hydrogens is 426 g/mol. The van der Waals surface area contributed by atoms with Crippen LogP contribution in [0.2, 0.25) is 0 Å². The maximum atomic E-state index is 5.25. The van der Waals surface area contributed by atoms with E-state index in [2.05, 4.69) is 120 Å². The van der Waals surface area contributed by atoms with E-state index in [1.54, 1.807) is 0 Å². The molecule has 0 saturated carbocycles. The molecule has 0 aliphatic rings. The first-order chi connectivity index (χ1) is 17.2. The first-order valence-electron chi connectivity index (χ1n) is 12.1. The number of aryl methyl sites for hydroxylation is 2. The van der Waals surface area contributed by atoms with Crippen molar-refractivity contribution in [3.63, 3.8) is 0 Å². The highest BCUT2D eigenvalue weighted by atomic mass is 15.0. The summed E-state index contributed by atoms with van der Waals surface area (Å²) in [6, 6.07) is 33.0. The fourth-order valence-electron chi connectivity index (χ4n) is 6.15. The summed E-state index contributed by atoms with van der Waals surface area (Å²) in [5, 5.41) is 10.1. The van der Waals surface area contributed by atoms with E-state index >= 15 is 0 Å². The molecule has 3 heterocycles. The van der Waals surface area contributed by atoms with Gasteiger partial charge in [0.1, 0.15) is 18.2 Å². The van der Waals surface area contributed by atoms with Crippen molar-refractivity contribution in [2.45, 2.75) is 6.92 Å². The fourth-order valence-corrected chi connectivity index (χ4v) is 6.15. The number of fused-ring (bicyclic) bond motifs is 14. The zero-order valence-electron chi connectivity index (χ0n) is 19.6. The van der Waals surface area contributed by atoms with Crippen molar-refractivity contribution in [3.8, 4) is 0 Å². The van der Waals surface area contributed by atoms with Gasteiger partial charge in [0, 0.05) is 11.5 Å². The van der Waals surface area contributed by atoms with Crippen LogP contribution in [-0.4, -0.2) is 9.38 Å². The van der Waals surface area contributed by atoms with Gasteiger partial charge >= 0.3 is 0 Å². The van der Waals surface area contributed by atoms with Crippen LogP contribution in [0.15, 0.2) is 97.2 Å². The molecule has 0 amide bonds. The minimum absolute atomic E-state index is 1.02. The van der Waals surface area contributed by atoms with E-state index in [0.29, 0.717) is 0 Å².